The summed E-state index contributed by atoms with van der Waals surface area (Å²) in [5.74, 6) is 0.706. The minimum atomic E-state index is -0.484. The Morgan fingerprint density at radius 2 is 1.94 bits per heavy atom. The number of ether oxygens (including phenoxy) is 1. The van der Waals surface area contributed by atoms with Crippen LogP contribution in [0.3, 0.4) is 0 Å². The van der Waals surface area contributed by atoms with Gasteiger partial charge in [0.2, 0.25) is 0 Å². The van der Waals surface area contributed by atoms with Crippen molar-refractivity contribution in [2.24, 2.45) is 0 Å². The van der Waals surface area contributed by atoms with Crippen LogP contribution in [-0.2, 0) is 0 Å². The van der Waals surface area contributed by atoms with Crippen LogP contribution < -0.4 is 4.74 Å². The van der Waals surface area contributed by atoms with Gasteiger partial charge in [-0.3, -0.25) is 0 Å². The minimum Gasteiger partial charge on any atom is -0.493 e. The second kappa shape index (κ2) is 6.51. The van der Waals surface area contributed by atoms with Crippen molar-refractivity contribution in [1.29, 1.82) is 0 Å². The Hall–Kier alpha value is -1.06. The van der Waals surface area contributed by atoms with Crippen LogP contribution in [0.2, 0.25) is 0 Å². The van der Waals surface area contributed by atoms with Crippen molar-refractivity contribution in [3.63, 3.8) is 0 Å². The molecule has 1 unspecified atom stereocenters. The lowest BCUT2D eigenvalue weighted by molar-refractivity contribution is 0.147. The van der Waals surface area contributed by atoms with Gasteiger partial charge in [-0.25, -0.2) is 0 Å². The van der Waals surface area contributed by atoms with Gasteiger partial charge in [-0.15, -0.1) is 0 Å². The zero-order valence-corrected chi connectivity index (χ0v) is 9.89. The van der Waals surface area contributed by atoms with Gasteiger partial charge in [0.25, 0.3) is 0 Å². The molecule has 16 heavy (non-hydrogen) atoms. The van der Waals surface area contributed by atoms with E-state index in [2.05, 4.69) is 0 Å². The van der Waals surface area contributed by atoms with Gasteiger partial charge in [-0.05, 0) is 19.4 Å². The number of aliphatic hydroxyl groups excluding tert-OH is 2. The summed E-state index contributed by atoms with van der Waals surface area (Å²) in [5.41, 5.74) is 0.815. The first kappa shape index (κ1) is 13.0. The Morgan fingerprint density at radius 3 is 2.56 bits per heavy atom. The molecule has 2 N–H and O–H groups in total. The Labute approximate surface area is 96.7 Å². The molecular formula is C13H20O3. The molecule has 1 rings (SSSR count). The van der Waals surface area contributed by atoms with Crippen molar-refractivity contribution in [2.45, 2.75) is 38.9 Å². The highest BCUT2D eigenvalue weighted by Gasteiger charge is 2.10. The molecule has 0 bridgehead atoms. The molecule has 3 heteroatoms. The van der Waals surface area contributed by atoms with E-state index in [0.29, 0.717) is 25.2 Å². The second-order valence-corrected chi connectivity index (χ2v) is 3.95. The summed E-state index contributed by atoms with van der Waals surface area (Å²) in [4.78, 5) is 0. The fraction of sp³-hybridized carbons (Fsp3) is 0.538. The largest absolute Gasteiger partial charge is 0.493 e. The highest BCUT2D eigenvalue weighted by atomic mass is 16.5. The summed E-state index contributed by atoms with van der Waals surface area (Å²) in [6.45, 7) is 4.12. The van der Waals surface area contributed by atoms with E-state index in [-0.39, 0.29) is 6.10 Å². The Morgan fingerprint density at radius 1 is 1.25 bits per heavy atom. The van der Waals surface area contributed by atoms with E-state index >= 15 is 0 Å². The molecule has 0 spiro atoms. The molecule has 2 atom stereocenters. The van der Waals surface area contributed by atoms with Gasteiger partial charge in [-0.1, -0.05) is 25.1 Å². The van der Waals surface area contributed by atoms with E-state index in [9.17, 15) is 5.11 Å². The van der Waals surface area contributed by atoms with E-state index in [1.807, 2.05) is 31.2 Å². The fourth-order valence-corrected chi connectivity index (χ4v) is 1.45. The molecule has 0 aromatic heterocycles. The summed E-state index contributed by atoms with van der Waals surface area (Å²) >= 11 is 0. The summed E-state index contributed by atoms with van der Waals surface area (Å²) in [6.07, 6.45) is 0.416. The molecule has 90 valence electrons. The minimum absolute atomic E-state index is 0.358. The van der Waals surface area contributed by atoms with Crippen molar-refractivity contribution in [3.8, 4) is 5.75 Å². The van der Waals surface area contributed by atoms with Crippen molar-refractivity contribution in [2.75, 3.05) is 6.61 Å². The fourth-order valence-electron chi connectivity index (χ4n) is 1.45. The molecule has 0 aliphatic rings. The third-order valence-corrected chi connectivity index (χ3v) is 2.46. The molecular weight excluding hydrogens is 204 g/mol. The van der Waals surface area contributed by atoms with Crippen LogP contribution in [0.1, 0.15) is 38.4 Å². The number of para-hydroxylation sites is 1. The SMILES string of the molecule is CC[C@@H](O)c1ccccc1OCCC(C)O. The van der Waals surface area contributed by atoms with Crippen molar-refractivity contribution in [3.05, 3.63) is 29.8 Å². The average molecular weight is 224 g/mol. The maximum absolute atomic E-state index is 9.79. The summed E-state index contributed by atoms with van der Waals surface area (Å²) < 4.78 is 5.55. The maximum Gasteiger partial charge on any atom is 0.125 e. The summed E-state index contributed by atoms with van der Waals surface area (Å²) in [5, 5.41) is 18.9. The lowest BCUT2D eigenvalue weighted by Crippen LogP contribution is -2.09. The van der Waals surface area contributed by atoms with Gasteiger partial charge in [0.1, 0.15) is 5.75 Å². The second-order valence-electron chi connectivity index (χ2n) is 3.95. The molecule has 0 aliphatic heterocycles. The normalized spacial score (nSPS) is 14.5. The zero-order chi connectivity index (χ0) is 12.0. The van der Waals surface area contributed by atoms with E-state index in [1.165, 1.54) is 0 Å². The first-order chi connectivity index (χ1) is 7.65. The van der Waals surface area contributed by atoms with Crippen LogP contribution >= 0.6 is 0 Å². The topological polar surface area (TPSA) is 49.7 Å². The Kier molecular flexibility index (Phi) is 5.29. The standard InChI is InChI=1S/C13H20O3/c1-3-12(15)11-6-4-5-7-13(11)16-9-8-10(2)14/h4-7,10,12,14-15H,3,8-9H2,1-2H3/t10?,12-/m1/s1. The van der Waals surface area contributed by atoms with Crippen molar-refractivity contribution < 1.29 is 14.9 Å². The van der Waals surface area contributed by atoms with Crippen molar-refractivity contribution >= 4 is 0 Å². The zero-order valence-electron chi connectivity index (χ0n) is 9.89. The average Bonchev–Trinajstić information content (AvgIpc) is 2.28. The van der Waals surface area contributed by atoms with Gasteiger partial charge in [0.05, 0.1) is 18.8 Å². The Bertz CT molecular complexity index is 310. The van der Waals surface area contributed by atoms with E-state index in [1.54, 1.807) is 6.92 Å². The third kappa shape index (κ3) is 3.83. The highest BCUT2D eigenvalue weighted by Crippen LogP contribution is 2.26. The number of hydrogen-bond acceptors (Lipinski definition) is 3. The first-order valence-electron chi connectivity index (χ1n) is 5.73. The summed E-state index contributed by atoms with van der Waals surface area (Å²) in [6, 6.07) is 7.47. The summed E-state index contributed by atoms with van der Waals surface area (Å²) in [7, 11) is 0. The maximum atomic E-state index is 9.79. The number of rotatable bonds is 6. The predicted octanol–water partition coefficient (Wildman–Crippen LogP) is 2.28. The molecule has 0 heterocycles. The molecule has 0 aliphatic carbocycles. The molecule has 0 fully saturated rings. The molecule has 0 amide bonds. The lowest BCUT2D eigenvalue weighted by atomic mass is 10.1. The van der Waals surface area contributed by atoms with Crippen LogP contribution in [0.15, 0.2) is 24.3 Å². The van der Waals surface area contributed by atoms with E-state index < -0.39 is 6.10 Å². The van der Waals surface area contributed by atoms with Crippen LogP contribution in [0.25, 0.3) is 0 Å². The van der Waals surface area contributed by atoms with Gasteiger partial charge >= 0.3 is 0 Å². The molecule has 1 aromatic carbocycles. The molecule has 0 radical (unpaired) electrons. The monoisotopic (exact) mass is 224 g/mol. The molecule has 3 nitrogen and oxygen atoms in total. The van der Waals surface area contributed by atoms with Crippen LogP contribution in [0.4, 0.5) is 0 Å². The smallest absolute Gasteiger partial charge is 0.125 e. The van der Waals surface area contributed by atoms with E-state index in [0.717, 1.165) is 5.56 Å². The van der Waals surface area contributed by atoms with Crippen molar-refractivity contribution in [1.82, 2.24) is 0 Å². The number of aliphatic hydroxyl groups is 2. The molecule has 0 saturated heterocycles. The van der Waals surface area contributed by atoms with Gasteiger partial charge in [0.15, 0.2) is 0 Å². The van der Waals surface area contributed by atoms with Crippen LogP contribution in [-0.4, -0.2) is 22.9 Å². The quantitative estimate of drug-likeness (QED) is 0.779. The predicted molar refractivity (Wildman–Crippen MR) is 63.5 cm³/mol. The third-order valence-electron chi connectivity index (χ3n) is 2.46. The first-order valence-corrected chi connectivity index (χ1v) is 5.73. The van der Waals surface area contributed by atoms with E-state index in [4.69, 9.17) is 9.84 Å². The molecule has 0 saturated carbocycles. The van der Waals surface area contributed by atoms with Gasteiger partial charge in [-0.2, -0.15) is 0 Å². The lowest BCUT2D eigenvalue weighted by Gasteiger charge is -2.15. The molecule has 1 aromatic rings. The highest BCUT2D eigenvalue weighted by molar-refractivity contribution is 5.34. The number of hydrogen-bond donors (Lipinski definition) is 2. The van der Waals surface area contributed by atoms with Gasteiger partial charge in [0, 0.05) is 12.0 Å². The van der Waals surface area contributed by atoms with Gasteiger partial charge < -0.3 is 14.9 Å². The van der Waals surface area contributed by atoms with Crippen LogP contribution in [0, 0.1) is 0 Å². The van der Waals surface area contributed by atoms with Crippen LogP contribution in [0.5, 0.6) is 5.75 Å². The Balaban J connectivity index is 2.64. The number of benzene rings is 1.